The molecule has 0 spiro atoms. The first-order valence-corrected chi connectivity index (χ1v) is 4.51. The predicted molar refractivity (Wildman–Crippen MR) is 46.7 cm³/mol. The molecular weight excluding hydrogens is 156 g/mol. The molecule has 0 aromatic rings. The highest BCUT2D eigenvalue weighted by Crippen LogP contribution is 2.26. The van der Waals surface area contributed by atoms with Crippen molar-refractivity contribution in [3.8, 4) is 0 Å². The lowest BCUT2D eigenvalue weighted by atomic mass is 10.3. The molecule has 4 N–H and O–H groups in total. The Morgan fingerprint density at radius 2 is 2.17 bits per heavy atom. The second-order valence-corrected chi connectivity index (χ2v) is 3.35. The fourth-order valence-corrected chi connectivity index (χ4v) is 1.36. The van der Waals surface area contributed by atoms with Gasteiger partial charge in [0.05, 0.1) is 12.7 Å². The van der Waals surface area contributed by atoms with Crippen LogP contribution in [-0.2, 0) is 0 Å². The van der Waals surface area contributed by atoms with E-state index in [4.69, 9.17) is 10.8 Å². The van der Waals surface area contributed by atoms with Gasteiger partial charge in [0.25, 0.3) is 0 Å². The molecule has 4 heteroatoms. The van der Waals surface area contributed by atoms with Crippen LogP contribution < -0.4 is 5.73 Å². The molecule has 0 aromatic carbocycles. The van der Waals surface area contributed by atoms with Crippen LogP contribution in [0.1, 0.15) is 12.8 Å². The van der Waals surface area contributed by atoms with Crippen LogP contribution in [0, 0.1) is 0 Å². The summed E-state index contributed by atoms with van der Waals surface area (Å²) in [6.07, 6.45) is 1.80. The number of aliphatic hydroxyl groups excluding tert-OH is 2. The second kappa shape index (κ2) is 4.77. The van der Waals surface area contributed by atoms with Crippen LogP contribution in [0.15, 0.2) is 0 Å². The molecular formula is C8H18N2O2. The maximum absolute atomic E-state index is 9.20. The Balaban J connectivity index is 2.22. The molecule has 1 saturated carbocycles. The lowest BCUT2D eigenvalue weighted by Crippen LogP contribution is -2.38. The number of aliphatic hydroxyl groups is 2. The van der Waals surface area contributed by atoms with Crippen molar-refractivity contribution in [1.82, 2.24) is 4.90 Å². The fraction of sp³-hybridized carbons (Fsp3) is 1.00. The molecule has 12 heavy (non-hydrogen) atoms. The van der Waals surface area contributed by atoms with Crippen molar-refractivity contribution in [2.75, 3.05) is 26.2 Å². The molecule has 0 bridgehead atoms. The molecule has 0 aliphatic heterocycles. The third-order valence-corrected chi connectivity index (χ3v) is 2.14. The minimum Gasteiger partial charge on any atom is -0.394 e. The lowest BCUT2D eigenvalue weighted by Gasteiger charge is -2.23. The Labute approximate surface area is 73.0 Å². The molecule has 1 fully saturated rings. The zero-order valence-electron chi connectivity index (χ0n) is 7.32. The van der Waals surface area contributed by atoms with Gasteiger partial charge in [0.1, 0.15) is 0 Å². The van der Waals surface area contributed by atoms with Gasteiger partial charge in [0.2, 0.25) is 0 Å². The van der Waals surface area contributed by atoms with Crippen LogP contribution in [-0.4, -0.2) is 53.5 Å². The summed E-state index contributed by atoms with van der Waals surface area (Å²) in [6, 6.07) is 0.606. The average Bonchev–Trinajstić information content (AvgIpc) is 2.86. The Hall–Kier alpha value is -0.160. The molecule has 1 atom stereocenters. The maximum atomic E-state index is 9.20. The largest absolute Gasteiger partial charge is 0.394 e. The van der Waals surface area contributed by atoms with Crippen molar-refractivity contribution in [2.24, 2.45) is 5.73 Å². The van der Waals surface area contributed by atoms with E-state index in [9.17, 15) is 5.11 Å². The highest BCUT2D eigenvalue weighted by atomic mass is 16.3. The van der Waals surface area contributed by atoms with E-state index >= 15 is 0 Å². The Morgan fingerprint density at radius 1 is 1.50 bits per heavy atom. The maximum Gasteiger partial charge on any atom is 0.0897 e. The first-order chi connectivity index (χ1) is 5.77. The van der Waals surface area contributed by atoms with Gasteiger partial charge in [-0.1, -0.05) is 0 Å². The van der Waals surface area contributed by atoms with E-state index in [1.165, 1.54) is 12.8 Å². The molecule has 1 aliphatic carbocycles. The molecule has 1 rings (SSSR count). The SMILES string of the molecule is NCCN(CC(O)CO)C1CC1. The van der Waals surface area contributed by atoms with Crippen molar-refractivity contribution in [3.05, 3.63) is 0 Å². The topological polar surface area (TPSA) is 69.7 Å². The summed E-state index contributed by atoms with van der Waals surface area (Å²) in [6.45, 7) is 1.84. The standard InChI is InChI=1S/C8H18N2O2/c9-3-4-10(7-1-2-7)5-8(12)6-11/h7-8,11-12H,1-6,9H2. The zero-order valence-corrected chi connectivity index (χ0v) is 7.32. The van der Waals surface area contributed by atoms with Gasteiger partial charge in [-0.15, -0.1) is 0 Å². The Kier molecular flexibility index (Phi) is 3.94. The van der Waals surface area contributed by atoms with Gasteiger partial charge in [-0.2, -0.15) is 0 Å². The summed E-state index contributed by atoms with van der Waals surface area (Å²) in [4.78, 5) is 2.15. The molecule has 0 aromatic heterocycles. The van der Waals surface area contributed by atoms with Crippen LogP contribution in [0.4, 0.5) is 0 Å². The van der Waals surface area contributed by atoms with Crippen LogP contribution in [0.5, 0.6) is 0 Å². The lowest BCUT2D eigenvalue weighted by molar-refractivity contribution is 0.0575. The number of nitrogens with zero attached hydrogens (tertiary/aromatic N) is 1. The third kappa shape index (κ3) is 3.06. The molecule has 1 aliphatic rings. The minimum absolute atomic E-state index is 0.159. The van der Waals surface area contributed by atoms with Gasteiger partial charge in [0.15, 0.2) is 0 Å². The number of rotatable bonds is 6. The van der Waals surface area contributed by atoms with Crippen LogP contribution in [0.25, 0.3) is 0 Å². The van der Waals surface area contributed by atoms with E-state index in [0.29, 0.717) is 19.1 Å². The van der Waals surface area contributed by atoms with Gasteiger partial charge in [-0.3, -0.25) is 4.90 Å². The summed E-state index contributed by atoms with van der Waals surface area (Å²) >= 11 is 0. The second-order valence-electron chi connectivity index (χ2n) is 3.35. The van der Waals surface area contributed by atoms with E-state index < -0.39 is 6.10 Å². The van der Waals surface area contributed by atoms with Gasteiger partial charge in [-0.25, -0.2) is 0 Å². The monoisotopic (exact) mass is 174 g/mol. The van der Waals surface area contributed by atoms with Gasteiger partial charge < -0.3 is 15.9 Å². The summed E-state index contributed by atoms with van der Waals surface area (Å²) in [5.74, 6) is 0. The summed E-state index contributed by atoms with van der Waals surface area (Å²) < 4.78 is 0. The first kappa shape index (κ1) is 9.92. The number of nitrogens with two attached hydrogens (primary N) is 1. The Bertz CT molecular complexity index is 128. The molecule has 0 saturated heterocycles. The number of hydrogen-bond donors (Lipinski definition) is 3. The molecule has 1 unspecified atom stereocenters. The van der Waals surface area contributed by atoms with Gasteiger partial charge in [0, 0.05) is 25.7 Å². The van der Waals surface area contributed by atoms with E-state index in [2.05, 4.69) is 4.90 Å². The molecule has 72 valence electrons. The normalized spacial score (nSPS) is 20.0. The summed E-state index contributed by atoms with van der Waals surface area (Å²) in [5.41, 5.74) is 5.43. The van der Waals surface area contributed by atoms with Gasteiger partial charge in [-0.05, 0) is 12.8 Å². The van der Waals surface area contributed by atoms with Crippen molar-refractivity contribution in [2.45, 2.75) is 25.0 Å². The quantitative estimate of drug-likeness (QED) is 0.471. The van der Waals surface area contributed by atoms with Crippen LogP contribution >= 0.6 is 0 Å². The predicted octanol–water partition coefficient (Wildman–Crippen LogP) is -1.24. The highest BCUT2D eigenvalue weighted by molar-refractivity contribution is 4.85. The summed E-state index contributed by atoms with van der Waals surface area (Å²) in [7, 11) is 0. The molecule has 0 radical (unpaired) electrons. The van der Waals surface area contributed by atoms with E-state index in [1.807, 2.05) is 0 Å². The highest BCUT2D eigenvalue weighted by Gasteiger charge is 2.29. The van der Waals surface area contributed by atoms with Gasteiger partial charge >= 0.3 is 0 Å². The van der Waals surface area contributed by atoms with Crippen molar-refractivity contribution >= 4 is 0 Å². The number of hydrogen-bond acceptors (Lipinski definition) is 4. The van der Waals surface area contributed by atoms with E-state index in [-0.39, 0.29) is 6.61 Å². The molecule has 0 amide bonds. The van der Waals surface area contributed by atoms with Crippen LogP contribution in [0.2, 0.25) is 0 Å². The smallest absolute Gasteiger partial charge is 0.0897 e. The average molecular weight is 174 g/mol. The third-order valence-electron chi connectivity index (χ3n) is 2.14. The summed E-state index contributed by atoms with van der Waals surface area (Å²) in [5, 5.41) is 17.8. The van der Waals surface area contributed by atoms with Crippen molar-refractivity contribution < 1.29 is 10.2 Å². The van der Waals surface area contributed by atoms with Crippen LogP contribution in [0.3, 0.4) is 0 Å². The minimum atomic E-state index is -0.614. The first-order valence-electron chi connectivity index (χ1n) is 4.51. The molecule has 4 nitrogen and oxygen atoms in total. The van der Waals surface area contributed by atoms with E-state index in [1.54, 1.807) is 0 Å². The molecule has 0 heterocycles. The van der Waals surface area contributed by atoms with Crippen molar-refractivity contribution in [1.29, 1.82) is 0 Å². The van der Waals surface area contributed by atoms with E-state index in [0.717, 1.165) is 6.54 Å². The zero-order chi connectivity index (χ0) is 8.97. The van der Waals surface area contributed by atoms with Crippen molar-refractivity contribution in [3.63, 3.8) is 0 Å². The Morgan fingerprint density at radius 3 is 2.58 bits per heavy atom. The fourth-order valence-electron chi connectivity index (χ4n) is 1.36.